The second-order valence-electron chi connectivity index (χ2n) is 3.83. The molecule has 0 unspecified atom stereocenters. The van der Waals surface area contributed by atoms with E-state index in [-0.39, 0.29) is 5.97 Å². The van der Waals surface area contributed by atoms with Gasteiger partial charge in [0.2, 0.25) is 0 Å². The predicted molar refractivity (Wildman–Crippen MR) is 74.6 cm³/mol. The number of carbonyl (C=O) groups is 1. The van der Waals surface area contributed by atoms with E-state index in [1.54, 1.807) is 11.3 Å². The van der Waals surface area contributed by atoms with Gasteiger partial charge in [0.1, 0.15) is 4.88 Å². The lowest BCUT2D eigenvalue weighted by molar-refractivity contribution is 0.0606. The Hall–Kier alpha value is -1.40. The van der Waals surface area contributed by atoms with Crippen LogP contribution in [0.15, 0.2) is 12.3 Å². The summed E-state index contributed by atoms with van der Waals surface area (Å²) in [5, 5.41) is 3.95. The zero-order chi connectivity index (χ0) is 13.1. The lowest BCUT2D eigenvalue weighted by Gasteiger charge is -1.98. The van der Waals surface area contributed by atoms with Gasteiger partial charge in [-0.15, -0.1) is 11.3 Å². The average molecular weight is 282 g/mol. The molecule has 0 aliphatic carbocycles. The van der Waals surface area contributed by atoms with Crippen molar-refractivity contribution in [3.63, 3.8) is 0 Å². The number of rotatable bonds is 4. The second-order valence-corrected chi connectivity index (χ2v) is 6.20. The zero-order valence-electron chi connectivity index (χ0n) is 10.4. The molecule has 2 aromatic heterocycles. The van der Waals surface area contributed by atoms with Crippen molar-refractivity contribution in [3.05, 3.63) is 32.5 Å². The van der Waals surface area contributed by atoms with Crippen LogP contribution in [-0.2, 0) is 11.3 Å². The van der Waals surface area contributed by atoms with Gasteiger partial charge < -0.3 is 10.1 Å². The minimum Gasteiger partial charge on any atom is -0.465 e. The molecule has 6 heteroatoms. The van der Waals surface area contributed by atoms with E-state index in [1.165, 1.54) is 40.0 Å². The Labute approximate surface area is 114 Å². The topological polar surface area (TPSA) is 51.2 Å². The van der Waals surface area contributed by atoms with Crippen LogP contribution in [0.3, 0.4) is 0 Å². The quantitative estimate of drug-likeness (QED) is 0.875. The Morgan fingerprint density at radius 1 is 1.44 bits per heavy atom. The molecule has 0 spiro atoms. The number of hydrogen-bond acceptors (Lipinski definition) is 6. The summed E-state index contributed by atoms with van der Waals surface area (Å²) in [5.41, 5.74) is 1.31. The molecule has 96 valence electrons. The smallest absolute Gasteiger partial charge is 0.349 e. The molecule has 2 aromatic rings. The van der Waals surface area contributed by atoms with Gasteiger partial charge in [0.15, 0.2) is 5.13 Å². The van der Waals surface area contributed by atoms with E-state index in [4.69, 9.17) is 0 Å². The maximum Gasteiger partial charge on any atom is 0.349 e. The first-order valence-electron chi connectivity index (χ1n) is 5.44. The Kier molecular flexibility index (Phi) is 3.98. The maximum atomic E-state index is 11.3. The SMILES string of the molecule is COC(=O)c1cnc(NCc2cc(C)c(C)s2)s1. The number of thiophene rings is 1. The lowest BCUT2D eigenvalue weighted by atomic mass is 10.3. The molecule has 1 N–H and O–H groups in total. The van der Waals surface area contributed by atoms with E-state index in [0.717, 1.165) is 11.7 Å². The van der Waals surface area contributed by atoms with Gasteiger partial charge in [-0.05, 0) is 25.5 Å². The van der Waals surface area contributed by atoms with E-state index < -0.39 is 0 Å². The summed E-state index contributed by atoms with van der Waals surface area (Å²) in [5.74, 6) is -0.344. The number of nitrogens with one attached hydrogen (secondary N) is 1. The van der Waals surface area contributed by atoms with Gasteiger partial charge in [0.05, 0.1) is 19.9 Å². The van der Waals surface area contributed by atoms with Gasteiger partial charge in [-0.2, -0.15) is 0 Å². The van der Waals surface area contributed by atoms with Crippen LogP contribution in [0.4, 0.5) is 5.13 Å². The molecule has 0 bridgehead atoms. The van der Waals surface area contributed by atoms with E-state index in [1.807, 2.05) is 0 Å². The first-order valence-corrected chi connectivity index (χ1v) is 7.07. The molecule has 0 aliphatic heterocycles. The third-order valence-corrected chi connectivity index (χ3v) is 4.61. The van der Waals surface area contributed by atoms with Crippen LogP contribution >= 0.6 is 22.7 Å². The zero-order valence-corrected chi connectivity index (χ0v) is 12.1. The number of anilines is 1. The van der Waals surface area contributed by atoms with Crippen molar-refractivity contribution in [1.82, 2.24) is 4.98 Å². The maximum absolute atomic E-state index is 11.3. The lowest BCUT2D eigenvalue weighted by Crippen LogP contribution is -1.97. The third kappa shape index (κ3) is 2.88. The molecule has 0 saturated carbocycles. The number of methoxy groups -OCH3 is 1. The average Bonchev–Trinajstić information content (AvgIpc) is 2.94. The second kappa shape index (κ2) is 5.49. The highest BCUT2D eigenvalue weighted by Gasteiger charge is 2.10. The molecular formula is C12H14N2O2S2. The summed E-state index contributed by atoms with van der Waals surface area (Å²) in [6.45, 7) is 4.95. The fourth-order valence-corrected chi connectivity index (χ4v) is 3.17. The molecule has 0 atom stereocenters. The summed E-state index contributed by atoms with van der Waals surface area (Å²) in [6.07, 6.45) is 1.53. The number of thiazole rings is 1. The third-order valence-electron chi connectivity index (χ3n) is 2.52. The van der Waals surface area contributed by atoms with Crippen LogP contribution < -0.4 is 5.32 Å². The van der Waals surface area contributed by atoms with Gasteiger partial charge in [-0.3, -0.25) is 0 Å². The Bertz CT molecular complexity index is 541. The fraction of sp³-hybridized carbons (Fsp3) is 0.333. The van der Waals surface area contributed by atoms with E-state index in [9.17, 15) is 4.79 Å². The molecule has 2 heterocycles. The van der Waals surface area contributed by atoms with Crippen molar-refractivity contribution < 1.29 is 9.53 Å². The number of hydrogen-bond donors (Lipinski definition) is 1. The molecule has 0 amide bonds. The number of carbonyl (C=O) groups excluding carboxylic acids is 1. The minimum absolute atomic E-state index is 0.344. The molecule has 0 saturated heterocycles. The van der Waals surface area contributed by atoms with Crippen molar-refractivity contribution in [2.24, 2.45) is 0 Å². The van der Waals surface area contributed by atoms with Gasteiger partial charge in [0, 0.05) is 9.75 Å². The van der Waals surface area contributed by atoms with Crippen LogP contribution in [-0.4, -0.2) is 18.1 Å². The van der Waals surface area contributed by atoms with Gasteiger partial charge in [-0.1, -0.05) is 11.3 Å². The summed E-state index contributed by atoms with van der Waals surface area (Å²) < 4.78 is 4.64. The molecule has 2 rings (SSSR count). The number of ether oxygens (including phenoxy) is 1. The normalized spacial score (nSPS) is 10.4. The molecule has 18 heavy (non-hydrogen) atoms. The van der Waals surface area contributed by atoms with Crippen LogP contribution in [0.1, 0.15) is 25.0 Å². The molecule has 0 aliphatic rings. The Balaban J connectivity index is 1.98. The summed E-state index contributed by atoms with van der Waals surface area (Å²) >= 11 is 3.08. The van der Waals surface area contributed by atoms with E-state index in [2.05, 4.69) is 35.0 Å². The Morgan fingerprint density at radius 3 is 2.83 bits per heavy atom. The van der Waals surface area contributed by atoms with E-state index in [0.29, 0.717) is 4.88 Å². The largest absolute Gasteiger partial charge is 0.465 e. The highest BCUT2D eigenvalue weighted by Crippen LogP contribution is 2.23. The standard InChI is InChI=1S/C12H14N2O2S2/c1-7-4-9(17-8(7)2)5-13-12-14-6-10(18-12)11(15)16-3/h4,6H,5H2,1-3H3,(H,13,14). The number of aromatic nitrogens is 1. The van der Waals surface area contributed by atoms with Crippen molar-refractivity contribution in [2.45, 2.75) is 20.4 Å². The highest BCUT2D eigenvalue weighted by atomic mass is 32.1. The first-order chi connectivity index (χ1) is 8.60. The molecule has 0 fully saturated rings. The molecule has 0 radical (unpaired) electrons. The summed E-state index contributed by atoms with van der Waals surface area (Å²) in [6, 6.07) is 2.17. The summed E-state index contributed by atoms with van der Waals surface area (Å²) in [4.78, 5) is 18.5. The highest BCUT2D eigenvalue weighted by molar-refractivity contribution is 7.17. The van der Waals surface area contributed by atoms with Crippen molar-refractivity contribution in [3.8, 4) is 0 Å². The monoisotopic (exact) mass is 282 g/mol. The van der Waals surface area contributed by atoms with Crippen molar-refractivity contribution in [1.29, 1.82) is 0 Å². The van der Waals surface area contributed by atoms with Crippen molar-refractivity contribution >= 4 is 33.8 Å². The Morgan fingerprint density at radius 2 is 2.22 bits per heavy atom. The summed E-state index contributed by atoms with van der Waals surface area (Å²) in [7, 11) is 1.37. The molecule has 4 nitrogen and oxygen atoms in total. The number of nitrogens with zero attached hydrogens (tertiary/aromatic N) is 1. The molecular weight excluding hydrogens is 268 g/mol. The van der Waals surface area contributed by atoms with Crippen LogP contribution in [0.5, 0.6) is 0 Å². The van der Waals surface area contributed by atoms with Crippen LogP contribution in [0, 0.1) is 13.8 Å². The van der Waals surface area contributed by atoms with E-state index >= 15 is 0 Å². The van der Waals surface area contributed by atoms with Gasteiger partial charge in [0.25, 0.3) is 0 Å². The predicted octanol–water partition coefficient (Wildman–Crippen LogP) is 3.22. The number of esters is 1. The van der Waals surface area contributed by atoms with Crippen LogP contribution in [0.25, 0.3) is 0 Å². The minimum atomic E-state index is -0.344. The number of aryl methyl sites for hydroxylation is 2. The van der Waals surface area contributed by atoms with Crippen molar-refractivity contribution in [2.75, 3.05) is 12.4 Å². The van der Waals surface area contributed by atoms with Gasteiger partial charge >= 0.3 is 5.97 Å². The first kappa shape index (κ1) is 13.0. The van der Waals surface area contributed by atoms with Crippen LogP contribution in [0.2, 0.25) is 0 Å². The fourth-order valence-electron chi connectivity index (χ4n) is 1.45. The van der Waals surface area contributed by atoms with Gasteiger partial charge in [-0.25, -0.2) is 9.78 Å². The molecule has 0 aromatic carbocycles.